The summed E-state index contributed by atoms with van der Waals surface area (Å²) in [4.78, 5) is 28.7. The van der Waals surface area contributed by atoms with E-state index in [1.54, 1.807) is 0 Å². The number of benzene rings is 1. The smallest absolute Gasteiger partial charge is 0.312 e. The predicted octanol–water partition coefficient (Wildman–Crippen LogP) is 1.87. The van der Waals surface area contributed by atoms with Gasteiger partial charge in [-0.25, -0.2) is 4.79 Å². The van der Waals surface area contributed by atoms with E-state index in [0.29, 0.717) is 6.04 Å². The zero-order valence-corrected chi connectivity index (χ0v) is 14.7. The van der Waals surface area contributed by atoms with Crippen molar-refractivity contribution >= 4 is 11.9 Å². The maximum absolute atomic E-state index is 12.8. The number of amides is 3. The number of nitrogens with two attached hydrogens (primary N) is 1. The zero-order valence-electron chi connectivity index (χ0n) is 14.7. The molecular formula is C19H28N4O2. The van der Waals surface area contributed by atoms with Crippen LogP contribution >= 0.6 is 0 Å². The molecule has 25 heavy (non-hydrogen) atoms. The Balaban J connectivity index is 1.63. The molecule has 2 aliphatic heterocycles. The van der Waals surface area contributed by atoms with E-state index in [2.05, 4.69) is 10.2 Å². The molecule has 0 unspecified atom stereocenters. The number of hydrogen-bond donors (Lipinski definition) is 2. The number of piperidine rings is 1. The largest absolute Gasteiger partial charge is 0.352 e. The van der Waals surface area contributed by atoms with Crippen LogP contribution < -0.4 is 11.1 Å². The van der Waals surface area contributed by atoms with Gasteiger partial charge in [-0.15, -0.1) is 0 Å². The van der Waals surface area contributed by atoms with Crippen molar-refractivity contribution in [2.24, 2.45) is 5.73 Å². The van der Waals surface area contributed by atoms with Gasteiger partial charge in [0.1, 0.15) is 0 Å². The minimum absolute atomic E-state index is 0.0894. The Morgan fingerprint density at radius 1 is 1.12 bits per heavy atom. The first kappa shape index (κ1) is 17.7. The molecule has 0 aromatic heterocycles. The standard InChI is InChI=1S/C19H28N4O2/c20-19(25)21-17(15-7-2-1-3-8-15)13-18(24)23-12-6-9-16(14-23)22-10-4-5-11-22/h1-3,7-8,16-17H,4-6,9-14H2,(H3,20,21,25)/t16-,17+/m0/s1. The van der Waals surface area contributed by atoms with Crippen LogP contribution in [0.25, 0.3) is 0 Å². The number of carbonyl (C=O) groups excluding carboxylic acids is 2. The third-order valence-corrected chi connectivity index (χ3v) is 5.30. The highest BCUT2D eigenvalue weighted by Crippen LogP contribution is 2.23. The van der Waals surface area contributed by atoms with Gasteiger partial charge in [0.2, 0.25) is 5.91 Å². The second-order valence-corrected chi connectivity index (χ2v) is 7.05. The van der Waals surface area contributed by atoms with Crippen LogP contribution in [0.1, 0.15) is 43.7 Å². The number of nitrogens with one attached hydrogen (secondary N) is 1. The molecule has 3 amide bonds. The van der Waals surface area contributed by atoms with E-state index >= 15 is 0 Å². The lowest BCUT2D eigenvalue weighted by molar-refractivity contribution is -0.133. The number of carbonyl (C=O) groups is 2. The van der Waals surface area contributed by atoms with Crippen molar-refractivity contribution in [2.75, 3.05) is 26.2 Å². The van der Waals surface area contributed by atoms with Crippen LogP contribution in [-0.2, 0) is 4.79 Å². The normalized spacial score (nSPS) is 22.6. The molecule has 2 aliphatic rings. The van der Waals surface area contributed by atoms with Gasteiger partial charge < -0.3 is 16.0 Å². The quantitative estimate of drug-likeness (QED) is 0.856. The zero-order chi connectivity index (χ0) is 17.6. The summed E-state index contributed by atoms with van der Waals surface area (Å²) in [7, 11) is 0. The van der Waals surface area contributed by atoms with Crippen LogP contribution in [0.4, 0.5) is 4.79 Å². The molecule has 0 radical (unpaired) electrons. The highest BCUT2D eigenvalue weighted by molar-refractivity contribution is 5.79. The van der Waals surface area contributed by atoms with E-state index in [-0.39, 0.29) is 18.4 Å². The predicted molar refractivity (Wildman–Crippen MR) is 96.9 cm³/mol. The summed E-state index contributed by atoms with van der Waals surface area (Å²) in [6, 6.07) is 9.05. The fraction of sp³-hybridized carbons (Fsp3) is 0.579. The topological polar surface area (TPSA) is 78.7 Å². The minimum atomic E-state index is -0.602. The first-order valence-corrected chi connectivity index (χ1v) is 9.26. The van der Waals surface area contributed by atoms with Crippen LogP contribution in [0, 0.1) is 0 Å². The molecule has 3 N–H and O–H groups in total. The third kappa shape index (κ3) is 4.72. The minimum Gasteiger partial charge on any atom is -0.352 e. The highest BCUT2D eigenvalue weighted by atomic mass is 16.2. The van der Waals surface area contributed by atoms with Crippen molar-refractivity contribution in [1.29, 1.82) is 0 Å². The van der Waals surface area contributed by atoms with Gasteiger partial charge in [0.05, 0.1) is 12.5 Å². The molecule has 1 aromatic carbocycles. The van der Waals surface area contributed by atoms with Crippen LogP contribution in [0.2, 0.25) is 0 Å². The lowest BCUT2D eigenvalue weighted by Crippen LogP contribution is -2.49. The highest BCUT2D eigenvalue weighted by Gasteiger charge is 2.30. The molecule has 6 nitrogen and oxygen atoms in total. The number of urea groups is 1. The van der Waals surface area contributed by atoms with E-state index in [9.17, 15) is 9.59 Å². The number of likely N-dealkylation sites (tertiary alicyclic amines) is 2. The van der Waals surface area contributed by atoms with E-state index in [0.717, 1.165) is 38.2 Å². The summed E-state index contributed by atoms with van der Waals surface area (Å²) >= 11 is 0. The van der Waals surface area contributed by atoms with Gasteiger partial charge in [0, 0.05) is 19.1 Å². The van der Waals surface area contributed by atoms with Crippen LogP contribution in [-0.4, -0.2) is 54.0 Å². The van der Waals surface area contributed by atoms with Crippen molar-refractivity contribution in [1.82, 2.24) is 15.1 Å². The van der Waals surface area contributed by atoms with Gasteiger partial charge >= 0.3 is 6.03 Å². The van der Waals surface area contributed by atoms with Crippen molar-refractivity contribution < 1.29 is 9.59 Å². The second-order valence-electron chi connectivity index (χ2n) is 7.05. The number of primary amides is 1. The monoisotopic (exact) mass is 344 g/mol. The first-order valence-electron chi connectivity index (χ1n) is 9.26. The van der Waals surface area contributed by atoms with Crippen LogP contribution in [0.3, 0.4) is 0 Å². The number of rotatable bonds is 5. The Morgan fingerprint density at radius 2 is 1.84 bits per heavy atom. The van der Waals surface area contributed by atoms with Gasteiger partial charge in [0.15, 0.2) is 0 Å². The Kier molecular flexibility index (Phi) is 5.91. The maximum atomic E-state index is 12.8. The molecular weight excluding hydrogens is 316 g/mol. The maximum Gasteiger partial charge on any atom is 0.312 e. The van der Waals surface area contributed by atoms with Gasteiger partial charge in [0.25, 0.3) is 0 Å². The van der Waals surface area contributed by atoms with Crippen molar-refractivity contribution in [3.05, 3.63) is 35.9 Å². The first-order chi connectivity index (χ1) is 12.1. The summed E-state index contributed by atoms with van der Waals surface area (Å²) in [5, 5.41) is 2.71. The number of hydrogen-bond acceptors (Lipinski definition) is 3. The van der Waals surface area contributed by atoms with Crippen molar-refractivity contribution in [3.8, 4) is 0 Å². The molecule has 0 spiro atoms. The Morgan fingerprint density at radius 3 is 2.52 bits per heavy atom. The van der Waals surface area contributed by atoms with Crippen LogP contribution in [0.5, 0.6) is 0 Å². The Hall–Kier alpha value is -2.08. The summed E-state index contributed by atoms with van der Waals surface area (Å²) in [6.07, 6.45) is 5.00. The van der Waals surface area contributed by atoms with Gasteiger partial charge in [-0.2, -0.15) is 0 Å². The number of nitrogens with zero attached hydrogens (tertiary/aromatic N) is 2. The Labute approximate surface area is 149 Å². The fourth-order valence-electron chi connectivity index (χ4n) is 4.00. The molecule has 2 heterocycles. The third-order valence-electron chi connectivity index (χ3n) is 5.30. The molecule has 136 valence electrons. The summed E-state index contributed by atoms with van der Waals surface area (Å²) in [6.45, 7) is 3.92. The van der Waals surface area contributed by atoms with E-state index in [4.69, 9.17) is 5.73 Å². The average Bonchev–Trinajstić information content (AvgIpc) is 3.16. The molecule has 3 rings (SSSR count). The van der Waals surface area contributed by atoms with Gasteiger partial charge in [-0.3, -0.25) is 9.69 Å². The summed E-state index contributed by atoms with van der Waals surface area (Å²) in [5.41, 5.74) is 6.21. The lowest BCUT2D eigenvalue weighted by atomic mass is 10.0. The fourth-order valence-corrected chi connectivity index (χ4v) is 4.00. The second kappa shape index (κ2) is 8.34. The molecule has 6 heteroatoms. The molecule has 1 aromatic rings. The van der Waals surface area contributed by atoms with Crippen molar-refractivity contribution in [3.63, 3.8) is 0 Å². The molecule has 2 saturated heterocycles. The SMILES string of the molecule is NC(=O)N[C@H](CC(=O)N1CCC[C@H](N2CCCC2)C1)c1ccccc1. The van der Waals surface area contributed by atoms with E-state index in [1.807, 2.05) is 35.2 Å². The molecule has 2 fully saturated rings. The van der Waals surface area contributed by atoms with Crippen LogP contribution in [0.15, 0.2) is 30.3 Å². The molecule has 0 aliphatic carbocycles. The average molecular weight is 344 g/mol. The van der Waals surface area contributed by atoms with Gasteiger partial charge in [-0.05, 0) is 44.3 Å². The summed E-state index contributed by atoms with van der Waals surface area (Å²) < 4.78 is 0. The van der Waals surface area contributed by atoms with E-state index in [1.165, 1.54) is 19.3 Å². The Bertz CT molecular complexity index is 586. The van der Waals surface area contributed by atoms with Crippen molar-refractivity contribution in [2.45, 2.75) is 44.2 Å². The molecule has 0 bridgehead atoms. The lowest BCUT2D eigenvalue weighted by Gasteiger charge is -2.38. The van der Waals surface area contributed by atoms with Gasteiger partial charge in [-0.1, -0.05) is 30.3 Å². The van der Waals surface area contributed by atoms with E-state index < -0.39 is 6.03 Å². The summed E-state index contributed by atoms with van der Waals surface area (Å²) in [5.74, 6) is 0.0894. The molecule has 0 saturated carbocycles. The molecule has 2 atom stereocenters.